The van der Waals surface area contributed by atoms with E-state index in [0.29, 0.717) is 5.41 Å². The number of rotatable bonds is 6. The Labute approximate surface area is 132 Å². The molecule has 2 rings (SSSR count). The fourth-order valence-electron chi connectivity index (χ4n) is 4.42. The van der Waals surface area contributed by atoms with Crippen LogP contribution in [-0.2, 0) is 0 Å². The minimum Gasteiger partial charge on any atom is -0.316 e. The molecule has 3 nitrogen and oxygen atoms in total. The van der Waals surface area contributed by atoms with E-state index in [9.17, 15) is 0 Å². The number of likely N-dealkylation sites (tertiary alicyclic amines) is 1. The highest BCUT2D eigenvalue weighted by atomic mass is 15.2. The lowest BCUT2D eigenvalue weighted by Gasteiger charge is -2.42. The van der Waals surface area contributed by atoms with Gasteiger partial charge in [-0.2, -0.15) is 0 Å². The van der Waals surface area contributed by atoms with Crippen LogP contribution in [0.5, 0.6) is 0 Å². The molecule has 21 heavy (non-hydrogen) atoms. The van der Waals surface area contributed by atoms with Crippen LogP contribution in [0.2, 0.25) is 0 Å². The van der Waals surface area contributed by atoms with Crippen LogP contribution >= 0.6 is 0 Å². The third kappa shape index (κ3) is 5.22. The molecule has 2 aliphatic rings. The summed E-state index contributed by atoms with van der Waals surface area (Å²) >= 11 is 0. The quantitative estimate of drug-likeness (QED) is 0.760. The lowest BCUT2D eigenvalue weighted by atomic mass is 9.79. The van der Waals surface area contributed by atoms with E-state index in [0.717, 1.165) is 12.6 Å². The van der Waals surface area contributed by atoms with Crippen LogP contribution in [0.3, 0.4) is 0 Å². The Morgan fingerprint density at radius 2 is 1.86 bits per heavy atom. The van der Waals surface area contributed by atoms with E-state index in [1.54, 1.807) is 0 Å². The Bertz CT molecular complexity index is 284. The molecule has 1 N–H and O–H groups in total. The van der Waals surface area contributed by atoms with Crippen molar-refractivity contribution < 1.29 is 0 Å². The molecule has 3 heteroatoms. The summed E-state index contributed by atoms with van der Waals surface area (Å²) in [7, 11) is 4.66. The lowest BCUT2D eigenvalue weighted by Crippen LogP contribution is -2.50. The maximum atomic E-state index is 3.67. The molecule has 0 aromatic heterocycles. The van der Waals surface area contributed by atoms with Crippen molar-refractivity contribution in [1.82, 2.24) is 15.1 Å². The zero-order chi connectivity index (χ0) is 15.1. The highest BCUT2D eigenvalue weighted by Gasteiger charge is 2.34. The second kappa shape index (κ2) is 8.50. The number of nitrogens with one attached hydrogen (secondary N) is 1. The normalized spacial score (nSPS) is 27.7. The summed E-state index contributed by atoms with van der Waals surface area (Å²) in [5.74, 6) is 0. The minimum absolute atomic E-state index is 0.525. The molecule has 0 amide bonds. The van der Waals surface area contributed by atoms with Crippen molar-refractivity contribution in [3.8, 4) is 0 Å². The van der Waals surface area contributed by atoms with Gasteiger partial charge in [0.2, 0.25) is 0 Å². The van der Waals surface area contributed by atoms with Crippen LogP contribution < -0.4 is 5.32 Å². The molecule has 0 spiro atoms. The van der Waals surface area contributed by atoms with E-state index >= 15 is 0 Å². The maximum absolute atomic E-state index is 3.67. The average molecular weight is 296 g/mol. The number of likely N-dealkylation sites (N-methyl/N-ethyl adjacent to an activating group) is 2. The molecule has 0 bridgehead atoms. The van der Waals surface area contributed by atoms with Gasteiger partial charge in [0.15, 0.2) is 0 Å². The number of nitrogens with zero attached hydrogens (tertiary/aromatic N) is 2. The summed E-state index contributed by atoms with van der Waals surface area (Å²) in [6.45, 7) is 8.40. The maximum Gasteiger partial charge on any atom is 0.0220 e. The van der Waals surface area contributed by atoms with Gasteiger partial charge in [-0.3, -0.25) is 0 Å². The second-order valence-corrected chi connectivity index (χ2v) is 7.67. The Morgan fingerprint density at radius 3 is 2.48 bits per heavy atom. The molecular weight excluding hydrogens is 258 g/mol. The highest BCUT2D eigenvalue weighted by molar-refractivity contribution is 4.89. The first-order valence-electron chi connectivity index (χ1n) is 9.25. The van der Waals surface area contributed by atoms with Gasteiger partial charge in [-0.15, -0.1) is 0 Å². The first kappa shape index (κ1) is 17.2. The Balaban J connectivity index is 1.95. The molecule has 1 heterocycles. The van der Waals surface area contributed by atoms with Crippen LogP contribution in [0.4, 0.5) is 0 Å². The van der Waals surface area contributed by atoms with Crippen LogP contribution in [0, 0.1) is 5.41 Å². The van der Waals surface area contributed by atoms with Gasteiger partial charge in [-0.25, -0.2) is 0 Å². The highest BCUT2D eigenvalue weighted by Crippen LogP contribution is 2.36. The van der Waals surface area contributed by atoms with E-state index in [2.05, 4.69) is 36.1 Å². The van der Waals surface area contributed by atoms with Crippen molar-refractivity contribution >= 4 is 0 Å². The monoisotopic (exact) mass is 295 g/mol. The van der Waals surface area contributed by atoms with Gasteiger partial charge in [-0.1, -0.05) is 32.6 Å². The van der Waals surface area contributed by atoms with Gasteiger partial charge in [0, 0.05) is 25.7 Å². The van der Waals surface area contributed by atoms with E-state index in [1.165, 1.54) is 77.5 Å². The fourth-order valence-corrected chi connectivity index (χ4v) is 4.42. The summed E-state index contributed by atoms with van der Waals surface area (Å²) in [6, 6.07) is 0.769. The van der Waals surface area contributed by atoms with Crippen LogP contribution in [0.15, 0.2) is 0 Å². The smallest absolute Gasteiger partial charge is 0.0220 e. The van der Waals surface area contributed by atoms with Crippen molar-refractivity contribution in [2.45, 2.75) is 64.3 Å². The molecule has 124 valence electrons. The van der Waals surface area contributed by atoms with Gasteiger partial charge in [0.25, 0.3) is 0 Å². The van der Waals surface area contributed by atoms with Crippen molar-refractivity contribution in [3.05, 3.63) is 0 Å². The van der Waals surface area contributed by atoms with Gasteiger partial charge in [0.05, 0.1) is 0 Å². The molecular formula is C18H37N3. The molecule has 1 saturated heterocycles. The van der Waals surface area contributed by atoms with Crippen molar-refractivity contribution in [1.29, 1.82) is 0 Å². The largest absolute Gasteiger partial charge is 0.316 e. The summed E-state index contributed by atoms with van der Waals surface area (Å²) in [6.07, 6.45) is 11.4. The van der Waals surface area contributed by atoms with Crippen molar-refractivity contribution in [2.75, 3.05) is 46.8 Å². The Kier molecular flexibility index (Phi) is 6.97. The molecule has 0 aromatic rings. The van der Waals surface area contributed by atoms with Gasteiger partial charge in [-0.05, 0) is 58.3 Å². The van der Waals surface area contributed by atoms with Gasteiger partial charge < -0.3 is 15.1 Å². The topological polar surface area (TPSA) is 18.5 Å². The first-order chi connectivity index (χ1) is 10.2. The molecule has 0 radical (unpaired) electrons. The molecule has 1 unspecified atom stereocenters. The summed E-state index contributed by atoms with van der Waals surface area (Å²) < 4.78 is 0. The molecule has 1 aliphatic carbocycles. The summed E-state index contributed by atoms with van der Waals surface area (Å²) in [5.41, 5.74) is 0.525. The Hall–Kier alpha value is -0.120. The predicted molar refractivity (Wildman–Crippen MR) is 91.8 cm³/mol. The van der Waals surface area contributed by atoms with Crippen molar-refractivity contribution in [3.63, 3.8) is 0 Å². The number of hydrogen-bond acceptors (Lipinski definition) is 3. The minimum atomic E-state index is 0.525. The van der Waals surface area contributed by atoms with Crippen molar-refractivity contribution in [2.24, 2.45) is 5.41 Å². The van der Waals surface area contributed by atoms with E-state index in [-0.39, 0.29) is 0 Å². The van der Waals surface area contributed by atoms with Gasteiger partial charge >= 0.3 is 0 Å². The molecule has 0 aromatic carbocycles. The van der Waals surface area contributed by atoms with E-state index < -0.39 is 0 Å². The third-order valence-corrected chi connectivity index (χ3v) is 5.72. The van der Waals surface area contributed by atoms with Crippen LogP contribution in [-0.4, -0.2) is 62.7 Å². The van der Waals surface area contributed by atoms with Gasteiger partial charge in [0.1, 0.15) is 0 Å². The SMILES string of the molecule is CCNCC1(CN(C)C2CCCN(C)C2)CCCCCC1. The zero-order valence-electron chi connectivity index (χ0n) is 14.7. The van der Waals surface area contributed by atoms with E-state index in [1.807, 2.05) is 0 Å². The van der Waals surface area contributed by atoms with Crippen LogP contribution in [0.1, 0.15) is 58.3 Å². The molecule has 1 atom stereocenters. The van der Waals surface area contributed by atoms with E-state index in [4.69, 9.17) is 0 Å². The zero-order valence-corrected chi connectivity index (χ0v) is 14.7. The third-order valence-electron chi connectivity index (χ3n) is 5.72. The molecule has 1 saturated carbocycles. The molecule has 2 fully saturated rings. The van der Waals surface area contributed by atoms with Crippen LogP contribution in [0.25, 0.3) is 0 Å². The summed E-state index contributed by atoms with van der Waals surface area (Å²) in [5, 5.41) is 3.67. The second-order valence-electron chi connectivity index (χ2n) is 7.67. The number of hydrogen-bond donors (Lipinski definition) is 1. The summed E-state index contributed by atoms with van der Waals surface area (Å²) in [4.78, 5) is 5.20. The first-order valence-corrected chi connectivity index (χ1v) is 9.25. The Morgan fingerprint density at radius 1 is 1.14 bits per heavy atom. The molecule has 1 aliphatic heterocycles. The fraction of sp³-hybridized carbons (Fsp3) is 1.00. The standard InChI is InChI=1S/C18H37N3/c1-4-19-15-18(11-7-5-6-8-12-18)16-21(3)17-10-9-13-20(2)14-17/h17,19H,4-16H2,1-3H3. The predicted octanol–water partition coefficient (Wildman–Crippen LogP) is 2.96. The average Bonchev–Trinajstić information content (AvgIpc) is 2.71. The lowest BCUT2D eigenvalue weighted by molar-refractivity contribution is 0.0767. The number of piperidine rings is 1.